The van der Waals surface area contributed by atoms with Gasteiger partial charge in [-0.1, -0.05) is 20.8 Å². The first-order valence-corrected chi connectivity index (χ1v) is 7.19. The first-order valence-electron chi connectivity index (χ1n) is 6.39. The minimum Gasteiger partial charge on any atom is -0.330 e. The quantitative estimate of drug-likeness (QED) is 0.878. The molecule has 0 aliphatic carbocycles. The molecule has 0 aromatic carbocycles. The van der Waals surface area contributed by atoms with Crippen LogP contribution in [0.2, 0.25) is 0 Å². The van der Waals surface area contributed by atoms with E-state index in [9.17, 15) is 0 Å². The molecule has 4 heteroatoms. The third kappa shape index (κ3) is 3.81. The van der Waals surface area contributed by atoms with Crippen LogP contribution in [0.1, 0.15) is 38.6 Å². The Labute approximate surface area is 113 Å². The Morgan fingerprint density at radius 3 is 2.47 bits per heavy atom. The molecule has 2 N–H and O–H groups in total. The van der Waals surface area contributed by atoms with Gasteiger partial charge in [0.1, 0.15) is 0 Å². The Morgan fingerprint density at radius 1 is 1.41 bits per heavy atom. The van der Waals surface area contributed by atoms with E-state index in [1.807, 2.05) is 11.7 Å². The van der Waals surface area contributed by atoms with Crippen LogP contribution in [0.15, 0.2) is 4.47 Å². The summed E-state index contributed by atoms with van der Waals surface area (Å²) in [7, 11) is 2.02. The predicted octanol–water partition coefficient (Wildman–Crippen LogP) is 2.91. The summed E-state index contributed by atoms with van der Waals surface area (Å²) < 4.78 is 3.16. The van der Waals surface area contributed by atoms with E-state index in [2.05, 4.69) is 41.8 Å². The molecule has 0 amide bonds. The lowest BCUT2D eigenvalue weighted by atomic mass is 9.93. The van der Waals surface area contributed by atoms with E-state index in [1.165, 1.54) is 16.6 Å². The van der Waals surface area contributed by atoms with Gasteiger partial charge in [-0.05, 0) is 53.6 Å². The maximum atomic E-state index is 5.86. The second kappa shape index (κ2) is 6.55. The zero-order valence-corrected chi connectivity index (χ0v) is 12.9. The van der Waals surface area contributed by atoms with Crippen molar-refractivity contribution < 1.29 is 0 Å². The topological polar surface area (TPSA) is 43.8 Å². The lowest BCUT2D eigenvalue weighted by Gasteiger charge is -2.17. The standard InChI is InChI=1S/C13H24BrN3/c1-5-11-13(14)12(17(4)16-11)7-10(8-15)6-9(2)3/h9-10H,5-8,15H2,1-4H3. The number of hydrogen-bond acceptors (Lipinski definition) is 2. The molecule has 0 saturated carbocycles. The molecule has 98 valence electrons. The second-order valence-electron chi connectivity index (χ2n) is 5.12. The predicted molar refractivity (Wildman–Crippen MR) is 76.0 cm³/mol. The Balaban J connectivity index is 2.82. The van der Waals surface area contributed by atoms with Gasteiger partial charge in [-0.15, -0.1) is 0 Å². The summed E-state index contributed by atoms with van der Waals surface area (Å²) in [5, 5.41) is 4.52. The summed E-state index contributed by atoms with van der Waals surface area (Å²) in [5.41, 5.74) is 8.28. The van der Waals surface area contributed by atoms with Crippen molar-refractivity contribution in [1.82, 2.24) is 9.78 Å². The minimum absolute atomic E-state index is 0.548. The number of halogens is 1. The molecule has 0 saturated heterocycles. The van der Waals surface area contributed by atoms with Crippen molar-refractivity contribution in [3.8, 4) is 0 Å². The third-order valence-corrected chi connectivity index (χ3v) is 4.04. The zero-order valence-electron chi connectivity index (χ0n) is 11.3. The molecule has 1 aromatic heterocycles. The van der Waals surface area contributed by atoms with Crippen LogP contribution in [0.4, 0.5) is 0 Å². The molecule has 1 heterocycles. The van der Waals surface area contributed by atoms with E-state index < -0.39 is 0 Å². The van der Waals surface area contributed by atoms with Crippen molar-refractivity contribution in [3.05, 3.63) is 15.9 Å². The van der Waals surface area contributed by atoms with Gasteiger partial charge in [0.25, 0.3) is 0 Å². The first kappa shape index (κ1) is 14.7. The van der Waals surface area contributed by atoms with Gasteiger partial charge in [-0.2, -0.15) is 5.10 Å². The fraction of sp³-hybridized carbons (Fsp3) is 0.769. The lowest BCUT2D eigenvalue weighted by molar-refractivity contribution is 0.406. The number of aryl methyl sites for hydroxylation is 2. The highest BCUT2D eigenvalue weighted by Crippen LogP contribution is 2.25. The van der Waals surface area contributed by atoms with Crippen molar-refractivity contribution in [2.45, 2.75) is 40.0 Å². The maximum Gasteiger partial charge on any atom is 0.0766 e. The lowest BCUT2D eigenvalue weighted by Crippen LogP contribution is -2.20. The summed E-state index contributed by atoms with van der Waals surface area (Å²) in [5.74, 6) is 1.24. The molecule has 1 atom stereocenters. The fourth-order valence-electron chi connectivity index (χ4n) is 2.24. The second-order valence-corrected chi connectivity index (χ2v) is 5.91. The average molecular weight is 302 g/mol. The number of aromatic nitrogens is 2. The molecule has 0 radical (unpaired) electrons. The fourth-order valence-corrected chi connectivity index (χ4v) is 3.02. The van der Waals surface area contributed by atoms with Gasteiger partial charge < -0.3 is 5.73 Å². The van der Waals surface area contributed by atoms with Crippen molar-refractivity contribution in [1.29, 1.82) is 0 Å². The Morgan fingerprint density at radius 2 is 2.06 bits per heavy atom. The summed E-state index contributed by atoms with van der Waals surface area (Å²) in [6.07, 6.45) is 3.15. The summed E-state index contributed by atoms with van der Waals surface area (Å²) in [4.78, 5) is 0. The largest absolute Gasteiger partial charge is 0.330 e. The molecule has 0 bridgehead atoms. The van der Waals surface area contributed by atoms with Crippen LogP contribution in [-0.2, 0) is 19.9 Å². The number of hydrogen-bond donors (Lipinski definition) is 1. The van der Waals surface area contributed by atoms with Crippen LogP contribution in [0.5, 0.6) is 0 Å². The molecule has 0 spiro atoms. The van der Waals surface area contributed by atoms with E-state index in [1.54, 1.807) is 0 Å². The molecule has 0 aliphatic heterocycles. The van der Waals surface area contributed by atoms with E-state index in [0.717, 1.165) is 25.1 Å². The molecular formula is C13H24BrN3. The van der Waals surface area contributed by atoms with E-state index in [0.29, 0.717) is 11.8 Å². The number of rotatable bonds is 6. The highest BCUT2D eigenvalue weighted by molar-refractivity contribution is 9.10. The zero-order chi connectivity index (χ0) is 13.0. The third-order valence-electron chi connectivity index (χ3n) is 3.12. The number of nitrogens with two attached hydrogens (primary N) is 1. The Bertz CT molecular complexity index is 358. The van der Waals surface area contributed by atoms with Crippen LogP contribution < -0.4 is 5.73 Å². The molecule has 17 heavy (non-hydrogen) atoms. The van der Waals surface area contributed by atoms with Gasteiger partial charge in [0, 0.05) is 7.05 Å². The van der Waals surface area contributed by atoms with Crippen LogP contribution in [0.25, 0.3) is 0 Å². The number of nitrogens with zero attached hydrogens (tertiary/aromatic N) is 2. The van der Waals surface area contributed by atoms with Crippen molar-refractivity contribution in [2.24, 2.45) is 24.6 Å². The van der Waals surface area contributed by atoms with Gasteiger partial charge in [0.05, 0.1) is 15.9 Å². The van der Waals surface area contributed by atoms with E-state index in [4.69, 9.17) is 5.73 Å². The molecule has 1 aromatic rings. The molecular weight excluding hydrogens is 278 g/mol. The van der Waals surface area contributed by atoms with Crippen LogP contribution in [0, 0.1) is 11.8 Å². The molecule has 1 unspecified atom stereocenters. The monoisotopic (exact) mass is 301 g/mol. The van der Waals surface area contributed by atoms with Crippen molar-refractivity contribution >= 4 is 15.9 Å². The summed E-state index contributed by atoms with van der Waals surface area (Å²) >= 11 is 3.66. The molecule has 1 rings (SSSR count). The average Bonchev–Trinajstić information content (AvgIpc) is 2.54. The molecule has 0 aliphatic rings. The highest BCUT2D eigenvalue weighted by atomic mass is 79.9. The molecule has 3 nitrogen and oxygen atoms in total. The van der Waals surface area contributed by atoms with E-state index in [-0.39, 0.29) is 0 Å². The highest BCUT2D eigenvalue weighted by Gasteiger charge is 2.17. The van der Waals surface area contributed by atoms with Gasteiger partial charge in [-0.25, -0.2) is 0 Å². The van der Waals surface area contributed by atoms with E-state index >= 15 is 0 Å². The Hall–Kier alpha value is -0.350. The first-order chi connectivity index (χ1) is 7.99. The van der Waals surface area contributed by atoms with Crippen molar-refractivity contribution in [3.63, 3.8) is 0 Å². The van der Waals surface area contributed by atoms with Gasteiger partial charge in [0.2, 0.25) is 0 Å². The minimum atomic E-state index is 0.548. The maximum absolute atomic E-state index is 5.86. The smallest absolute Gasteiger partial charge is 0.0766 e. The Kier molecular flexibility index (Phi) is 5.67. The SMILES string of the molecule is CCc1nn(C)c(CC(CN)CC(C)C)c1Br. The normalized spacial score (nSPS) is 13.4. The molecule has 0 fully saturated rings. The van der Waals surface area contributed by atoms with Crippen LogP contribution >= 0.6 is 15.9 Å². The summed E-state index contributed by atoms with van der Waals surface area (Å²) in [6, 6.07) is 0. The van der Waals surface area contributed by atoms with Gasteiger partial charge in [0.15, 0.2) is 0 Å². The summed E-state index contributed by atoms with van der Waals surface area (Å²) in [6.45, 7) is 7.37. The van der Waals surface area contributed by atoms with Crippen LogP contribution in [-0.4, -0.2) is 16.3 Å². The van der Waals surface area contributed by atoms with Gasteiger partial charge >= 0.3 is 0 Å². The van der Waals surface area contributed by atoms with Crippen LogP contribution in [0.3, 0.4) is 0 Å². The van der Waals surface area contributed by atoms with Gasteiger partial charge in [-0.3, -0.25) is 4.68 Å². The van der Waals surface area contributed by atoms with Crippen molar-refractivity contribution in [2.75, 3.05) is 6.54 Å².